The molecule has 23 heavy (non-hydrogen) atoms. The summed E-state index contributed by atoms with van der Waals surface area (Å²) in [6, 6.07) is 3.27. The van der Waals surface area contributed by atoms with Gasteiger partial charge < -0.3 is 25.5 Å². The van der Waals surface area contributed by atoms with Gasteiger partial charge in [0.25, 0.3) is 5.91 Å². The number of aliphatic imine (C=N–C) groups is 1. The standard InChI is InChI=1S/C16H26N4O3/c1-2-18-16(19-8-3-9-22-11-12-4-5-12)20-10-13-6-7-14(23-13)15(17)21/h6-7,12H,2-5,8-11H2,1H3,(H2,17,21)(H2,18,19,20). The lowest BCUT2D eigenvalue weighted by Gasteiger charge is -2.11. The topological polar surface area (TPSA) is 102 Å². The maximum absolute atomic E-state index is 11.0. The van der Waals surface area contributed by atoms with E-state index >= 15 is 0 Å². The molecule has 0 atom stereocenters. The fourth-order valence-electron chi connectivity index (χ4n) is 2.01. The van der Waals surface area contributed by atoms with Crippen LogP contribution in [-0.2, 0) is 11.3 Å². The number of nitrogens with zero attached hydrogens (tertiary/aromatic N) is 1. The van der Waals surface area contributed by atoms with Gasteiger partial charge in [-0.3, -0.25) is 4.79 Å². The predicted molar refractivity (Wildman–Crippen MR) is 88.2 cm³/mol. The highest BCUT2D eigenvalue weighted by Crippen LogP contribution is 2.28. The number of guanidine groups is 1. The van der Waals surface area contributed by atoms with Crippen molar-refractivity contribution in [2.75, 3.05) is 26.3 Å². The zero-order valence-electron chi connectivity index (χ0n) is 13.6. The minimum atomic E-state index is -0.573. The third-order valence-corrected chi connectivity index (χ3v) is 3.45. The van der Waals surface area contributed by atoms with Crippen LogP contribution in [0.25, 0.3) is 0 Å². The van der Waals surface area contributed by atoms with Crippen LogP contribution in [0.4, 0.5) is 0 Å². The van der Waals surface area contributed by atoms with Crippen molar-refractivity contribution in [1.82, 2.24) is 10.6 Å². The van der Waals surface area contributed by atoms with Crippen LogP contribution in [0.3, 0.4) is 0 Å². The van der Waals surface area contributed by atoms with Gasteiger partial charge in [0.15, 0.2) is 11.7 Å². The third kappa shape index (κ3) is 6.73. The van der Waals surface area contributed by atoms with E-state index in [2.05, 4.69) is 15.6 Å². The van der Waals surface area contributed by atoms with Crippen LogP contribution < -0.4 is 16.4 Å². The number of primary amides is 1. The van der Waals surface area contributed by atoms with E-state index in [-0.39, 0.29) is 5.76 Å². The van der Waals surface area contributed by atoms with E-state index < -0.39 is 5.91 Å². The highest BCUT2D eigenvalue weighted by molar-refractivity contribution is 5.89. The summed E-state index contributed by atoms with van der Waals surface area (Å²) in [6.07, 6.45) is 3.57. The molecule has 1 amide bonds. The summed E-state index contributed by atoms with van der Waals surface area (Å²) in [6.45, 7) is 5.59. The Morgan fingerprint density at radius 3 is 2.91 bits per heavy atom. The lowest BCUT2D eigenvalue weighted by molar-refractivity contribution is 0.0972. The second-order valence-electron chi connectivity index (χ2n) is 5.62. The summed E-state index contributed by atoms with van der Waals surface area (Å²) in [5.74, 6) is 1.70. The van der Waals surface area contributed by atoms with E-state index in [0.29, 0.717) is 18.3 Å². The highest BCUT2D eigenvalue weighted by Gasteiger charge is 2.20. The Hall–Kier alpha value is -2.02. The summed E-state index contributed by atoms with van der Waals surface area (Å²) >= 11 is 0. The molecule has 0 bridgehead atoms. The van der Waals surface area contributed by atoms with Crippen LogP contribution in [0.5, 0.6) is 0 Å². The quantitative estimate of drug-likeness (QED) is 0.342. The first-order valence-corrected chi connectivity index (χ1v) is 8.17. The van der Waals surface area contributed by atoms with Crippen molar-refractivity contribution < 1.29 is 13.9 Å². The van der Waals surface area contributed by atoms with Crippen molar-refractivity contribution >= 4 is 11.9 Å². The van der Waals surface area contributed by atoms with Crippen molar-refractivity contribution in [1.29, 1.82) is 0 Å². The molecule has 1 aliphatic carbocycles. The van der Waals surface area contributed by atoms with Gasteiger partial charge in [0.2, 0.25) is 0 Å². The van der Waals surface area contributed by atoms with Gasteiger partial charge in [-0.2, -0.15) is 0 Å². The monoisotopic (exact) mass is 322 g/mol. The van der Waals surface area contributed by atoms with Gasteiger partial charge in [0.1, 0.15) is 12.3 Å². The average Bonchev–Trinajstić information content (AvgIpc) is 3.22. The van der Waals surface area contributed by atoms with Gasteiger partial charge in [-0.15, -0.1) is 0 Å². The Labute approximate surface area is 136 Å². The molecule has 0 radical (unpaired) electrons. The Bertz CT molecular complexity index is 523. The summed E-state index contributed by atoms with van der Waals surface area (Å²) in [4.78, 5) is 15.4. The predicted octanol–water partition coefficient (Wildman–Crippen LogP) is 1.25. The summed E-state index contributed by atoms with van der Waals surface area (Å²) in [7, 11) is 0. The molecule has 1 aromatic rings. The number of ether oxygens (including phenoxy) is 1. The molecule has 0 spiro atoms. The number of nitrogens with two attached hydrogens (primary N) is 1. The minimum Gasteiger partial charge on any atom is -0.454 e. The Morgan fingerprint density at radius 2 is 2.26 bits per heavy atom. The number of furan rings is 1. The van der Waals surface area contributed by atoms with Crippen molar-refractivity contribution in [2.24, 2.45) is 16.6 Å². The van der Waals surface area contributed by atoms with Crippen LogP contribution in [0.15, 0.2) is 21.5 Å². The van der Waals surface area contributed by atoms with Crippen LogP contribution in [0, 0.1) is 5.92 Å². The van der Waals surface area contributed by atoms with Crippen molar-refractivity contribution in [2.45, 2.75) is 32.7 Å². The molecule has 7 heteroatoms. The molecule has 1 heterocycles. The number of rotatable bonds is 10. The molecule has 0 saturated heterocycles. The number of amides is 1. The molecule has 2 rings (SSSR count). The van der Waals surface area contributed by atoms with E-state index in [0.717, 1.165) is 38.6 Å². The number of hydrogen-bond acceptors (Lipinski definition) is 4. The molecule has 1 fully saturated rings. The second-order valence-corrected chi connectivity index (χ2v) is 5.62. The first kappa shape index (κ1) is 17.3. The molecule has 1 saturated carbocycles. The average molecular weight is 322 g/mol. The van der Waals surface area contributed by atoms with E-state index in [9.17, 15) is 4.79 Å². The number of nitrogens with one attached hydrogen (secondary N) is 2. The van der Waals surface area contributed by atoms with Crippen molar-refractivity contribution in [3.63, 3.8) is 0 Å². The van der Waals surface area contributed by atoms with Gasteiger partial charge in [-0.25, -0.2) is 4.99 Å². The molecular weight excluding hydrogens is 296 g/mol. The third-order valence-electron chi connectivity index (χ3n) is 3.45. The van der Waals surface area contributed by atoms with Gasteiger partial charge >= 0.3 is 0 Å². The number of hydrogen-bond donors (Lipinski definition) is 3. The SMILES string of the molecule is CCNC(=NCc1ccc(C(N)=O)o1)NCCCOCC1CC1. The number of carbonyl (C=O) groups is 1. The minimum absolute atomic E-state index is 0.154. The summed E-state index contributed by atoms with van der Waals surface area (Å²) in [5.41, 5.74) is 5.15. The zero-order chi connectivity index (χ0) is 16.5. The summed E-state index contributed by atoms with van der Waals surface area (Å²) < 4.78 is 10.9. The van der Waals surface area contributed by atoms with E-state index in [1.807, 2.05) is 6.92 Å². The molecule has 1 aliphatic rings. The molecule has 128 valence electrons. The number of carbonyl (C=O) groups excluding carboxylic acids is 1. The second kappa shape index (κ2) is 9.19. The molecule has 0 aromatic carbocycles. The maximum atomic E-state index is 11.0. The van der Waals surface area contributed by atoms with Gasteiger partial charge in [0, 0.05) is 26.3 Å². The Morgan fingerprint density at radius 1 is 1.43 bits per heavy atom. The van der Waals surface area contributed by atoms with Crippen molar-refractivity contribution in [3.05, 3.63) is 23.7 Å². The fraction of sp³-hybridized carbons (Fsp3) is 0.625. The molecule has 7 nitrogen and oxygen atoms in total. The van der Waals surface area contributed by atoms with Gasteiger partial charge in [-0.05, 0) is 44.2 Å². The van der Waals surface area contributed by atoms with E-state index in [1.54, 1.807) is 12.1 Å². The first-order valence-electron chi connectivity index (χ1n) is 8.17. The smallest absolute Gasteiger partial charge is 0.284 e. The lowest BCUT2D eigenvalue weighted by Crippen LogP contribution is -2.38. The maximum Gasteiger partial charge on any atom is 0.284 e. The largest absolute Gasteiger partial charge is 0.454 e. The highest BCUT2D eigenvalue weighted by atomic mass is 16.5. The lowest BCUT2D eigenvalue weighted by atomic mass is 10.4. The van der Waals surface area contributed by atoms with Crippen molar-refractivity contribution in [3.8, 4) is 0 Å². The molecule has 0 unspecified atom stereocenters. The Kier molecular flexibility index (Phi) is 6.93. The molecule has 4 N–H and O–H groups in total. The first-order chi connectivity index (χ1) is 11.2. The van der Waals surface area contributed by atoms with Crippen LogP contribution >= 0.6 is 0 Å². The normalized spacial score (nSPS) is 14.7. The Balaban J connectivity index is 1.68. The van der Waals surface area contributed by atoms with Gasteiger partial charge in [0.05, 0.1) is 0 Å². The summed E-state index contributed by atoms with van der Waals surface area (Å²) in [5, 5.41) is 6.42. The fourth-order valence-corrected chi connectivity index (χ4v) is 2.01. The molecular formula is C16H26N4O3. The molecule has 1 aromatic heterocycles. The molecule has 0 aliphatic heterocycles. The zero-order valence-corrected chi connectivity index (χ0v) is 13.6. The van der Waals surface area contributed by atoms with Crippen LogP contribution in [0.2, 0.25) is 0 Å². The van der Waals surface area contributed by atoms with Crippen LogP contribution in [0.1, 0.15) is 42.5 Å². The van der Waals surface area contributed by atoms with E-state index in [1.165, 1.54) is 12.8 Å². The van der Waals surface area contributed by atoms with Gasteiger partial charge in [-0.1, -0.05) is 0 Å². The van der Waals surface area contributed by atoms with Crippen LogP contribution in [-0.4, -0.2) is 38.2 Å². The van der Waals surface area contributed by atoms with E-state index in [4.69, 9.17) is 14.9 Å².